The van der Waals surface area contributed by atoms with Crippen molar-refractivity contribution in [2.45, 2.75) is 58.4 Å². The highest BCUT2D eigenvalue weighted by Gasteiger charge is 2.18. The molecule has 1 rings (SSSR count). The van der Waals surface area contributed by atoms with Crippen LogP contribution in [0.3, 0.4) is 0 Å². The van der Waals surface area contributed by atoms with E-state index in [0.29, 0.717) is 18.9 Å². The predicted octanol–water partition coefficient (Wildman–Crippen LogP) is 1.59. The maximum Gasteiger partial charge on any atom is 0.320 e. The first kappa shape index (κ1) is 27.0. The van der Waals surface area contributed by atoms with Crippen molar-refractivity contribution < 1.29 is 23.1 Å². The molecule has 8 nitrogen and oxygen atoms in total. The van der Waals surface area contributed by atoms with Crippen molar-refractivity contribution in [1.82, 2.24) is 4.72 Å². The van der Waals surface area contributed by atoms with Crippen LogP contribution in [0.1, 0.15) is 57.1 Å². The third kappa shape index (κ3) is 13.0. The lowest BCUT2D eigenvalue weighted by Gasteiger charge is -2.12. The number of hydrogen-bond acceptors (Lipinski definition) is 6. The number of nitrogens with one attached hydrogen (secondary N) is 1. The van der Waals surface area contributed by atoms with E-state index in [0.717, 1.165) is 31.1 Å². The zero-order valence-corrected chi connectivity index (χ0v) is 18.5. The van der Waals surface area contributed by atoms with Crippen LogP contribution in [-0.4, -0.2) is 44.2 Å². The number of carboxylic acid groups (broad SMARTS) is 1. The largest absolute Gasteiger partial charge is 0.480 e. The predicted molar refractivity (Wildman–Crippen MR) is 115 cm³/mol. The van der Waals surface area contributed by atoms with Crippen molar-refractivity contribution >= 4 is 21.9 Å². The number of rotatable bonds is 10. The van der Waals surface area contributed by atoms with Gasteiger partial charge in [0.05, 0.1) is 12.2 Å². The number of benzene rings is 1. The molecule has 0 aliphatic carbocycles. The Kier molecular flexibility index (Phi) is 12.4. The maximum absolute atomic E-state index is 11.7. The van der Waals surface area contributed by atoms with E-state index in [1.165, 1.54) is 5.56 Å². The van der Waals surface area contributed by atoms with E-state index in [4.69, 9.17) is 16.6 Å². The van der Waals surface area contributed by atoms with Gasteiger partial charge >= 0.3 is 5.97 Å². The molecule has 2 atom stereocenters. The molecule has 1 amide bonds. The van der Waals surface area contributed by atoms with Gasteiger partial charge in [0.2, 0.25) is 15.9 Å². The first-order valence-electron chi connectivity index (χ1n) is 9.66. The summed E-state index contributed by atoms with van der Waals surface area (Å²) >= 11 is 0. The Morgan fingerprint density at radius 1 is 1.10 bits per heavy atom. The quantitative estimate of drug-likeness (QED) is 0.412. The Hall–Kier alpha value is -1.97. The Balaban J connectivity index is 0.000000665. The Morgan fingerprint density at radius 3 is 2.07 bits per heavy atom. The lowest BCUT2D eigenvalue weighted by Crippen LogP contribution is -2.32. The molecule has 0 aliphatic heterocycles. The highest BCUT2D eigenvalue weighted by molar-refractivity contribution is 7.89. The number of carboxylic acids is 1. The summed E-state index contributed by atoms with van der Waals surface area (Å²) in [6.45, 7) is 6.59. The average Bonchev–Trinajstić information content (AvgIpc) is 2.60. The van der Waals surface area contributed by atoms with E-state index in [2.05, 4.69) is 13.8 Å². The van der Waals surface area contributed by atoms with Gasteiger partial charge in [0.15, 0.2) is 0 Å². The summed E-state index contributed by atoms with van der Waals surface area (Å²) in [6, 6.07) is 7.01. The molecule has 0 aromatic heterocycles. The van der Waals surface area contributed by atoms with E-state index in [-0.39, 0.29) is 0 Å². The number of unbranched alkanes of at least 4 members (excludes halogenated alkanes) is 1. The topological polar surface area (TPSA) is 153 Å². The van der Waals surface area contributed by atoms with Gasteiger partial charge < -0.3 is 16.6 Å². The lowest BCUT2D eigenvalue weighted by molar-refractivity contribution is -0.138. The van der Waals surface area contributed by atoms with Crippen LogP contribution in [0.4, 0.5) is 0 Å². The molecule has 1 aromatic carbocycles. The van der Waals surface area contributed by atoms with Crippen LogP contribution in [0.2, 0.25) is 0 Å². The van der Waals surface area contributed by atoms with Gasteiger partial charge in [-0.2, -0.15) is 0 Å². The average molecular weight is 430 g/mol. The molecular weight excluding hydrogens is 394 g/mol. The third-order valence-corrected chi connectivity index (χ3v) is 4.66. The fraction of sp³-hybridized carbons (Fsp3) is 0.600. The van der Waals surface area contributed by atoms with Gasteiger partial charge in [0, 0.05) is 0 Å². The van der Waals surface area contributed by atoms with E-state index in [9.17, 15) is 18.0 Å². The molecule has 1 unspecified atom stereocenters. The maximum atomic E-state index is 11.7. The number of nitrogens with two attached hydrogens (primary N) is 2. The number of aliphatic carboxylic acids is 1. The summed E-state index contributed by atoms with van der Waals surface area (Å²) in [7, 11) is -3.50. The Bertz CT molecular complexity index is 733. The zero-order valence-electron chi connectivity index (χ0n) is 17.7. The molecular formula is C20H35N3O5S. The SMILES string of the molecule is CC(C)Cc1ccc(C(C)C(=O)NS(C)(=O)=O)cc1.NCCCC[C@H](N)C(=O)O. The fourth-order valence-corrected chi connectivity index (χ4v) is 3.01. The van der Waals surface area contributed by atoms with Crippen LogP contribution in [0.25, 0.3) is 0 Å². The molecule has 0 spiro atoms. The van der Waals surface area contributed by atoms with Gasteiger partial charge in [-0.15, -0.1) is 0 Å². The van der Waals surface area contributed by atoms with Gasteiger partial charge in [-0.3, -0.25) is 14.3 Å². The van der Waals surface area contributed by atoms with Gasteiger partial charge in [-0.1, -0.05) is 44.5 Å². The van der Waals surface area contributed by atoms with Crippen LogP contribution < -0.4 is 16.2 Å². The second-order valence-electron chi connectivity index (χ2n) is 7.53. The van der Waals surface area contributed by atoms with Crippen LogP contribution >= 0.6 is 0 Å². The minimum absolute atomic E-state index is 0.483. The molecule has 0 radical (unpaired) electrons. The number of carbonyl (C=O) groups excluding carboxylic acids is 1. The third-order valence-electron chi connectivity index (χ3n) is 4.09. The van der Waals surface area contributed by atoms with Crippen LogP contribution in [0.5, 0.6) is 0 Å². The minimum Gasteiger partial charge on any atom is -0.480 e. The number of sulfonamides is 1. The number of carbonyl (C=O) groups is 2. The number of amides is 1. The van der Waals surface area contributed by atoms with Crippen LogP contribution in [0.15, 0.2) is 24.3 Å². The summed E-state index contributed by atoms with van der Waals surface area (Å²) in [6.07, 6.45) is 4.13. The second-order valence-corrected chi connectivity index (χ2v) is 9.28. The molecule has 166 valence electrons. The molecule has 9 heteroatoms. The van der Waals surface area contributed by atoms with E-state index in [1.807, 2.05) is 29.0 Å². The highest BCUT2D eigenvalue weighted by atomic mass is 32.2. The molecule has 6 N–H and O–H groups in total. The van der Waals surface area contributed by atoms with E-state index < -0.39 is 33.9 Å². The van der Waals surface area contributed by atoms with Crippen molar-refractivity contribution in [3.05, 3.63) is 35.4 Å². The first-order chi connectivity index (χ1) is 13.4. The van der Waals surface area contributed by atoms with Gasteiger partial charge in [-0.25, -0.2) is 8.42 Å². The van der Waals surface area contributed by atoms with Gasteiger partial charge in [0.25, 0.3) is 0 Å². The molecule has 29 heavy (non-hydrogen) atoms. The normalized spacial score (nSPS) is 13.2. The second kappa shape index (κ2) is 13.3. The summed E-state index contributed by atoms with van der Waals surface area (Å²) in [5.41, 5.74) is 12.5. The molecule has 0 aliphatic rings. The highest BCUT2D eigenvalue weighted by Crippen LogP contribution is 2.17. The molecule has 0 saturated heterocycles. The van der Waals surface area contributed by atoms with Crippen molar-refractivity contribution in [3.63, 3.8) is 0 Å². The first-order valence-corrected chi connectivity index (χ1v) is 11.6. The summed E-state index contributed by atoms with van der Waals surface area (Å²) < 4.78 is 24.0. The number of hydrogen-bond donors (Lipinski definition) is 4. The Labute approximate surface area is 174 Å². The Morgan fingerprint density at radius 2 is 1.66 bits per heavy atom. The lowest BCUT2D eigenvalue weighted by atomic mass is 9.96. The van der Waals surface area contributed by atoms with Crippen LogP contribution in [-0.2, 0) is 26.0 Å². The van der Waals surface area contributed by atoms with Crippen molar-refractivity contribution in [1.29, 1.82) is 0 Å². The minimum atomic E-state index is -3.50. The van der Waals surface area contributed by atoms with Crippen LogP contribution in [0, 0.1) is 5.92 Å². The molecule has 0 fully saturated rings. The summed E-state index contributed by atoms with van der Waals surface area (Å²) in [5.74, 6) is -1.34. The smallest absolute Gasteiger partial charge is 0.320 e. The molecule has 0 heterocycles. The molecule has 1 aromatic rings. The molecule has 0 saturated carbocycles. The standard InChI is InChI=1S/C14H21NO3S.C6H14N2O2/c1-10(2)9-12-5-7-13(8-6-12)11(3)14(16)15-19(4,17)18;7-4-2-1-3-5(8)6(9)10/h5-8,10-11H,9H2,1-4H3,(H,15,16);5H,1-4,7-8H2,(H,9,10)/t;5-/m.0/s1. The van der Waals surface area contributed by atoms with Gasteiger partial charge in [-0.05, 0) is 49.8 Å². The fourth-order valence-electron chi connectivity index (χ4n) is 2.47. The van der Waals surface area contributed by atoms with Crippen molar-refractivity contribution in [2.24, 2.45) is 17.4 Å². The van der Waals surface area contributed by atoms with Gasteiger partial charge in [0.1, 0.15) is 6.04 Å². The monoisotopic (exact) mass is 429 g/mol. The van der Waals surface area contributed by atoms with Crippen molar-refractivity contribution in [2.75, 3.05) is 12.8 Å². The summed E-state index contributed by atoms with van der Waals surface area (Å²) in [4.78, 5) is 21.9. The van der Waals surface area contributed by atoms with E-state index >= 15 is 0 Å². The summed E-state index contributed by atoms with van der Waals surface area (Å²) in [5, 5.41) is 8.33. The van der Waals surface area contributed by atoms with Crippen molar-refractivity contribution in [3.8, 4) is 0 Å². The molecule has 0 bridgehead atoms. The zero-order chi connectivity index (χ0) is 22.6. The van der Waals surface area contributed by atoms with E-state index in [1.54, 1.807) is 6.92 Å².